The summed E-state index contributed by atoms with van der Waals surface area (Å²) < 4.78 is 0. The molecule has 1 atom stereocenters. The third kappa shape index (κ3) is 5.75. The number of nitrogens with one attached hydrogen (secondary N) is 1. The molecule has 1 unspecified atom stereocenters. The van der Waals surface area contributed by atoms with E-state index in [-0.39, 0.29) is 24.8 Å². The van der Waals surface area contributed by atoms with Gasteiger partial charge in [0.2, 0.25) is 0 Å². The number of anilines is 1. The van der Waals surface area contributed by atoms with E-state index in [1.54, 1.807) is 0 Å². The highest BCUT2D eigenvalue weighted by Crippen LogP contribution is 2.05. The van der Waals surface area contributed by atoms with Crippen molar-refractivity contribution in [2.45, 2.75) is 13.0 Å². The van der Waals surface area contributed by atoms with Crippen molar-refractivity contribution in [3.05, 3.63) is 30.3 Å². The predicted molar refractivity (Wildman–Crippen MR) is 63.1 cm³/mol. The van der Waals surface area contributed by atoms with Gasteiger partial charge in [0.05, 0.1) is 0 Å². The molecular formula is C9H16Cl2N2. The van der Waals surface area contributed by atoms with Crippen LogP contribution in [0.4, 0.5) is 5.69 Å². The highest BCUT2D eigenvalue weighted by molar-refractivity contribution is 5.85. The first kappa shape index (κ1) is 15.1. The maximum absolute atomic E-state index is 5.46. The first-order valence-electron chi connectivity index (χ1n) is 3.84. The van der Waals surface area contributed by atoms with Crippen LogP contribution >= 0.6 is 24.8 Å². The monoisotopic (exact) mass is 222 g/mol. The van der Waals surface area contributed by atoms with Crippen molar-refractivity contribution in [2.75, 3.05) is 11.9 Å². The van der Waals surface area contributed by atoms with Crippen molar-refractivity contribution in [3.63, 3.8) is 0 Å². The third-order valence-electron chi connectivity index (χ3n) is 1.54. The van der Waals surface area contributed by atoms with Gasteiger partial charge in [0.15, 0.2) is 0 Å². The van der Waals surface area contributed by atoms with Gasteiger partial charge in [0, 0.05) is 18.3 Å². The Hall–Kier alpha value is -0.440. The van der Waals surface area contributed by atoms with E-state index in [0.717, 1.165) is 5.69 Å². The van der Waals surface area contributed by atoms with Crippen molar-refractivity contribution >= 4 is 30.5 Å². The molecule has 1 aromatic carbocycles. The lowest BCUT2D eigenvalue weighted by molar-refractivity contribution is 0.804. The molecule has 1 rings (SSSR count). The number of para-hydroxylation sites is 1. The van der Waals surface area contributed by atoms with Crippen LogP contribution in [0.5, 0.6) is 0 Å². The van der Waals surface area contributed by atoms with Crippen LogP contribution in [0.2, 0.25) is 0 Å². The standard InChI is InChI=1S/C9H14N2.2ClH/c1-8(7-10)11-9-5-3-2-4-6-9;;/h2-6,8,11H,7,10H2,1H3;2*1H. The molecule has 13 heavy (non-hydrogen) atoms. The van der Waals surface area contributed by atoms with Crippen LogP contribution in [0.15, 0.2) is 30.3 Å². The zero-order valence-corrected chi connectivity index (χ0v) is 9.20. The van der Waals surface area contributed by atoms with Crippen molar-refractivity contribution in [1.29, 1.82) is 0 Å². The summed E-state index contributed by atoms with van der Waals surface area (Å²) in [5, 5.41) is 3.27. The summed E-state index contributed by atoms with van der Waals surface area (Å²) >= 11 is 0. The Balaban J connectivity index is 0. The molecule has 0 aromatic heterocycles. The van der Waals surface area contributed by atoms with Gasteiger partial charge in [0.25, 0.3) is 0 Å². The van der Waals surface area contributed by atoms with Gasteiger partial charge in [-0.15, -0.1) is 24.8 Å². The summed E-state index contributed by atoms with van der Waals surface area (Å²) in [6.45, 7) is 2.72. The van der Waals surface area contributed by atoms with Gasteiger partial charge in [-0.05, 0) is 19.1 Å². The zero-order chi connectivity index (χ0) is 8.10. The van der Waals surface area contributed by atoms with Crippen LogP contribution < -0.4 is 11.1 Å². The number of benzene rings is 1. The van der Waals surface area contributed by atoms with Gasteiger partial charge >= 0.3 is 0 Å². The largest absolute Gasteiger partial charge is 0.381 e. The van der Waals surface area contributed by atoms with Crippen molar-refractivity contribution < 1.29 is 0 Å². The highest BCUT2D eigenvalue weighted by atomic mass is 35.5. The maximum Gasteiger partial charge on any atom is 0.0355 e. The van der Waals surface area contributed by atoms with Crippen LogP contribution in [0, 0.1) is 0 Å². The van der Waals surface area contributed by atoms with E-state index >= 15 is 0 Å². The lowest BCUT2D eigenvalue weighted by Gasteiger charge is -2.11. The molecule has 0 saturated heterocycles. The molecule has 0 heterocycles. The minimum Gasteiger partial charge on any atom is -0.381 e. The molecule has 76 valence electrons. The van der Waals surface area contributed by atoms with Gasteiger partial charge in [-0.25, -0.2) is 0 Å². The highest BCUT2D eigenvalue weighted by Gasteiger charge is 1.95. The molecule has 0 aliphatic carbocycles. The van der Waals surface area contributed by atoms with Crippen LogP contribution in [0.1, 0.15) is 6.92 Å². The van der Waals surface area contributed by atoms with Crippen LogP contribution in [-0.2, 0) is 0 Å². The predicted octanol–water partition coefficient (Wildman–Crippen LogP) is 2.29. The van der Waals surface area contributed by atoms with Gasteiger partial charge in [0.1, 0.15) is 0 Å². The Morgan fingerprint density at radius 3 is 2.23 bits per heavy atom. The Bertz CT molecular complexity index is 204. The number of rotatable bonds is 3. The van der Waals surface area contributed by atoms with E-state index in [0.29, 0.717) is 12.6 Å². The SMILES string of the molecule is CC(CN)Nc1ccccc1.Cl.Cl. The molecule has 0 amide bonds. The van der Waals surface area contributed by atoms with E-state index < -0.39 is 0 Å². The molecular weight excluding hydrogens is 207 g/mol. The molecule has 0 spiro atoms. The molecule has 3 N–H and O–H groups in total. The molecule has 0 aliphatic heterocycles. The number of hydrogen-bond donors (Lipinski definition) is 2. The van der Waals surface area contributed by atoms with E-state index in [2.05, 4.69) is 12.2 Å². The zero-order valence-electron chi connectivity index (χ0n) is 7.57. The Morgan fingerprint density at radius 1 is 1.23 bits per heavy atom. The van der Waals surface area contributed by atoms with E-state index in [9.17, 15) is 0 Å². The molecule has 4 heteroatoms. The minimum absolute atomic E-state index is 0. The first-order chi connectivity index (χ1) is 5.33. The minimum atomic E-state index is 0. The van der Waals surface area contributed by atoms with Crippen molar-refractivity contribution in [1.82, 2.24) is 0 Å². The average Bonchev–Trinajstić information content (AvgIpc) is 2.06. The second-order valence-electron chi connectivity index (χ2n) is 2.65. The fourth-order valence-electron chi connectivity index (χ4n) is 0.878. The molecule has 1 aromatic rings. The Labute approximate surface area is 91.7 Å². The molecule has 2 nitrogen and oxygen atoms in total. The smallest absolute Gasteiger partial charge is 0.0355 e. The summed E-state index contributed by atoms with van der Waals surface area (Å²) in [7, 11) is 0. The Kier molecular flexibility index (Phi) is 9.46. The van der Waals surface area contributed by atoms with Crippen LogP contribution in [-0.4, -0.2) is 12.6 Å². The maximum atomic E-state index is 5.46. The number of halogens is 2. The van der Waals surface area contributed by atoms with Gasteiger partial charge in [-0.3, -0.25) is 0 Å². The second kappa shape index (κ2) is 8.17. The number of nitrogens with two attached hydrogens (primary N) is 1. The first-order valence-corrected chi connectivity index (χ1v) is 3.84. The summed E-state index contributed by atoms with van der Waals surface area (Å²) in [5.41, 5.74) is 6.59. The fourth-order valence-corrected chi connectivity index (χ4v) is 0.878. The summed E-state index contributed by atoms with van der Waals surface area (Å²) in [6.07, 6.45) is 0. The summed E-state index contributed by atoms with van der Waals surface area (Å²) in [5.74, 6) is 0. The average molecular weight is 223 g/mol. The quantitative estimate of drug-likeness (QED) is 0.825. The van der Waals surface area contributed by atoms with Gasteiger partial charge in [-0.1, -0.05) is 18.2 Å². The normalized spacial score (nSPS) is 10.6. The van der Waals surface area contributed by atoms with Crippen molar-refractivity contribution in [2.24, 2.45) is 5.73 Å². The molecule has 0 radical (unpaired) electrons. The third-order valence-corrected chi connectivity index (χ3v) is 1.54. The lowest BCUT2D eigenvalue weighted by Crippen LogP contribution is -2.24. The fraction of sp³-hybridized carbons (Fsp3) is 0.333. The molecule has 0 fully saturated rings. The topological polar surface area (TPSA) is 38.0 Å². The Morgan fingerprint density at radius 2 is 1.77 bits per heavy atom. The second-order valence-corrected chi connectivity index (χ2v) is 2.65. The number of hydrogen-bond acceptors (Lipinski definition) is 2. The van der Waals surface area contributed by atoms with E-state index in [1.165, 1.54) is 0 Å². The van der Waals surface area contributed by atoms with Gasteiger partial charge in [-0.2, -0.15) is 0 Å². The van der Waals surface area contributed by atoms with E-state index in [4.69, 9.17) is 5.73 Å². The van der Waals surface area contributed by atoms with Crippen molar-refractivity contribution in [3.8, 4) is 0 Å². The van der Waals surface area contributed by atoms with Gasteiger partial charge < -0.3 is 11.1 Å². The summed E-state index contributed by atoms with van der Waals surface area (Å²) in [4.78, 5) is 0. The van der Waals surface area contributed by atoms with Crippen LogP contribution in [0.3, 0.4) is 0 Å². The molecule has 0 aliphatic rings. The molecule has 0 bridgehead atoms. The summed E-state index contributed by atoms with van der Waals surface area (Å²) in [6, 6.07) is 10.4. The van der Waals surface area contributed by atoms with E-state index in [1.807, 2.05) is 30.3 Å². The lowest BCUT2D eigenvalue weighted by atomic mass is 10.3. The molecule has 0 saturated carbocycles. The van der Waals surface area contributed by atoms with Crippen LogP contribution in [0.25, 0.3) is 0 Å².